The van der Waals surface area contributed by atoms with Crippen molar-refractivity contribution in [3.63, 3.8) is 0 Å². The molecular weight excluding hydrogens is 266 g/mol. The first-order valence-electron chi connectivity index (χ1n) is 5.29. The average Bonchev–Trinajstić information content (AvgIpc) is 2.72. The Morgan fingerprint density at radius 3 is 2.59 bits per heavy atom. The van der Waals surface area contributed by atoms with Crippen LogP contribution < -0.4 is 4.72 Å². The van der Waals surface area contributed by atoms with Crippen LogP contribution in [0.5, 0.6) is 0 Å². The summed E-state index contributed by atoms with van der Waals surface area (Å²) in [6.07, 6.45) is 0.757. The van der Waals surface area contributed by atoms with Crippen molar-refractivity contribution in [2.45, 2.75) is 31.4 Å². The van der Waals surface area contributed by atoms with Gasteiger partial charge in [-0.2, -0.15) is 0 Å². The molecule has 0 aliphatic heterocycles. The molecule has 0 amide bonds. The summed E-state index contributed by atoms with van der Waals surface area (Å²) < 4.78 is 31.0. The Morgan fingerprint density at radius 1 is 1.53 bits per heavy atom. The molecule has 2 atom stereocenters. The van der Waals surface area contributed by atoms with Gasteiger partial charge in [-0.25, -0.2) is 13.1 Å². The molecule has 17 heavy (non-hydrogen) atoms. The van der Waals surface area contributed by atoms with Gasteiger partial charge < -0.3 is 9.52 Å². The van der Waals surface area contributed by atoms with E-state index in [1.807, 2.05) is 13.8 Å². The van der Waals surface area contributed by atoms with Crippen LogP contribution in [-0.4, -0.2) is 26.2 Å². The molecule has 0 fully saturated rings. The molecule has 0 aliphatic rings. The van der Waals surface area contributed by atoms with E-state index in [9.17, 15) is 8.42 Å². The zero-order chi connectivity index (χ0) is 13.1. The van der Waals surface area contributed by atoms with Crippen LogP contribution in [0.25, 0.3) is 0 Å². The molecule has 5 nitrogen and oxygen atoms in total. The van der Waals surface area contributed by atoms with Crippen molar-refractivity contribution in [2.75, 3.05) is 6.61 Å². The van der Waals surface area contributed by atoms with Gasteiger partial charge in [-0.15, -0.1) is 0 Å². The lowest BCUT2D eigenvalue weighted by Crippen LogP contribution is -2.41. The Morgan fingerprint density at radius 2 is 2.18 bits per heavy atom. The van der Waals surface area contributed by atoms with Crippen molar-refractivity contribution >= 4 is 21.6 Å². The second kappa shape index (κ2) is 5.86. The highest BCUT2D eigenvalue weighted by Gasteiger charge is 2.25. The van der Waals surface area contributed by atoms with Crippen LogP contribution in [0, 0.1) is 5.92 Å². The summed E-state index contributed by atoms with van der Waals surface area (Å²) >= 11 is 5.52. The van der Waals surface area contributed by atoms with Crippen LogP contribution in [0.15, 0.2) is 21.6 Å². The summed E-state index contributed by atoms with van der Waals surface area (Å²) in [5, 5.41) is 8.92. The summed E-state index contributed by atoms with van der Waals surface area (Å²) in [5.41, 5.74) is 0. The topological polar surface area (TPSA) is 79.5 Å². The van der Waals surface area contributed by atoms with E-state index in [0.29, 0.717) is 0 Å². The number of sulfonamides is 1. The van der Waals surface area contributed by atoms with Gasteiger partial charge in [0.25, 0.3) is 10.0 Å². The zero-order valence-corrected chi connectivity index (χ0v) is 11.3. The maximum absolute atomic E-state index is 11.9. The number of rotatable bonds is 6. The fourth-order valence-electron chi connectivity index (χ4n) is 1.32. The lowest BCUT2D eigenvalue weighted by molar-refractivity contribution is 0.218. The van der Waals surface area contributed by atoms with E-state index in [1.165, 1.54) is 12.1 Å². The molecule has 1 aromatic heterocycles. The fraction of sp³-hybridized carbons (Fsp3) is 0.600. The smallest absolute Gasteiger partial charge is 0.274 e. The van der Waals surface area contributed by atoms with Crippen LogP contribution in [-0.2, 0) is 10.0 Å². The molecule has 1 rings (SSSR count). The third-order valence-corrected chi connectivity index (χ3v) is 4.21. The maximum Gasteiger partial charge on any atom is 0.274 e. The molecule has 0 radical (unpaired) electrons. The van der Waals surface area contributed by atoms with Crippen LogP contribution in [0.3, 0.4) is 0 Å². The van der Waals surface area contributed by atoms with Crippen molar-refractivity contribution in [1.29, 1.82) is 0 Å². The molecule has 98 valence electrons. The van der Waals surface area contributed by atoms with Gasteiger partial charge in [0.2, 0.25) is 5.09 Å². The molecule has 0 saturated carbocycles. The van der Waals surface area contributed by atoms with Gasteiger partial charge in [0, 0.05) is 6.04 Å². The highest BCUT2D eigenvalue weighted by molar-refractivity contribution is 7.89. The first kappa shape index (κ1) is 14.5. The second-order valence-corrected chi connectivity index (χ2v) is 5.87. The highest BCUT2D eigenvalue weighted by Crippen LogP contribution is 2.19. The number of aliphatic hydroxyl groups is 1. The molecule has 1 aromatic rings. The van der Waals surface area contributed by atoms with Crippen molar-refractivity contribution in [3.05, 3.63) is 17.4 Å². The van der Waals surface area contributed by atoms with Crippen LogP contribution in [0.2, 0.25) is 5.22 Å². The Bertz CT molecular complexity index is 457. The van der Waals surface area contributed by atoms with Crippen molar-refractivity contribution in [3.8, 4) is 0 Å². The van der Waals surface area contributed by atoms with E-state index in [4.69, 9.17) is 21.1 Å². The monoisotopic (exact) mass is 281 g/mol. The average molecular weight is 282 g/mol. The van der Waals surface area contributed by atoms with E-state index in [-0.39, 0.29) is 22.8 Å². The summed E-state index contributed by atoms with van der Waals surface area (Å²) in [6.45, 7) is 3.52. The number of furan rings is 1. The van der Waals surface area contributed by atoms with Gasteiger partial charge in [0.1, 0.15) is 0 Å². The fourth-order valence-corrected chi connectivity index (χ4v) is 2.78. The first-order valence-corrected chi connectivity index (χ1v) is 7.15. The molecule has 2 N–H and O–H groups in total. The van der Waals surface area contributed by atoms with Crippen molar-refractivity contribution in [1.82, 2.24) is 4.72 Å². The standard InChI is InChI=1S/C10H16ClNO4S/c1-3-7(2)8(6-13)12-17(14,15)10-5-4-9(11)16-10/h4-5,7-8,12-13H,3,6H2,1-2H3/t7-,8+/m0/s1. The van der Waals surface area contributed by atoms with Crippen LogP contribution in [0.4, 0.5) is 0 Å². The van der Waals surface area contributed by atoms with Gasteiger partial charge in [-0.3, -0.25) is 0 Å². The number of hydrogen-bond donors (Lipinski definition) is 2. The summed E-state index contributed by atoms with van der Waals surface area (Å²) in [4.78, 5) is 0. The molecule has 1 heterocycles. The molecule has 0 aromatic carbocycles. The molecule has 0 aliphatic carbocycles. The van der Waals surface area contributed by atoms with Gasteiger partial charge in [0.15, 0.2) is 5.22 Å². The predicted molar refractivity (Wildman–Crippen MR) is 64.4 cm³/mol. The number of nitrogens with one attached hydrogen (secondary N) is 1. The number of hydrogen-bond acceptors (Lipinski definition) is 4. The third-order valence-electron chi connectivity index (χ3n) is 2.65. The van der Waals surface area contributed by atoms with Gasteiger partial charge >= 0.3 is 0 Å². The van der Waals surface area contributed by atoms with Gasteiger partial charge in [-0.05, 0) is 29.7 Å². The van der Waals surface area contributed by atoms with Gasteiger partial charge in [-0.1, -0.05) is 20.3 Å². The van der Waals surface area contributed by atoms with Crippen molar-refractivity contribution in [2.24, 2.45) is 5.92 Å². The van der Waals surface area contributed by atoms with Crippen LogP contribution >= 0.6 is 11.6 Å². The summed E-state index contributed by atoms with van der Waals surface area (Å²) in [6, 6.07) is 2.09. The SMILES string of the molecule is CC[C@H](C)[C@@H](CO)NS(=O)(=O)c1ccc(Cl)o1. The van der Waals surface area contributed by atoms with E-state index in [1.54, 1.807) is 0 Å². The van der Waals surface area contributed by atoms with E-state index < -0.39 is 16.1 Å². The zero-order valence-electron chi connectivity index (χ0n) is 9.68. The van der Waals surface area contributed by atoms with Crippen LogP contribution in [0.1, 0.15) is 20.3 Å². The third kappa shape index (κ3) is 3.70. The van der Waals surface area contributed by atoms with E-state index in [2.05, 4.69) is 4.72 Å². The second-order valence-electron chi connectivity index (χ2n) is 3.85. The minimum atomic E-state index is -3.77. The van der Waals surface area contributed by atoms with Gasteiger partial charge in [0.05, 0.1) is 6.61 Å². The Kier molecular flexibility index (Phi) is 5.00. The maximum atomic E-state index is 11.9. The predicted octanol–water partition coefficient (Wildman–Crippen LogP) is 1.62. The largest absolute Gasteiger partial charge is 0.432 e. The Labute approximate surface area is 106 Å². The summed E-state index contributed by atoms with van der Waals surface area (Å²) in [7, 11) is -3.77. The molecular formula is C10H16ClNO4S. The Hall–Kier alpha value is -0.560. The minimum absolute atomic E-state index is 0.00876. The quantitative estimate of drug-likeness (QED) is 0.830. The number of halogens is 1. The minimum Gasteiger partial charge on any atom is -0.432 e. The van der Waals surface area contributed by atoms with E-state index >= 15 is 0 Å². The lowest BCUT2D eigenvalue weighted by Gasteiger charge is -2.21. The molecule has 0 spiro atoms. The molecule has 7 heteroatoms. The lowest BCUT2D eigenvalue weighted by atomic mass is 10.0. The number of aliphatic hydroxyl groups excluding tert-OH is 1. The molecule has 0 unspecified atom stereocenters. The normalized spacial score (nSPS) is 15.8. The molecule has 0 saturated heterocycles. The molecule has 0 bridgehead atoms. The first-order chi connectivity index (χ1) is 7.90. The summed E-state index contributed by atoms with van der Waals surface area (Å²) in [5.74, 6) is 0.0280. The highest BCUT2D eigenvalue weighted by atomic mass is 35.5. The van der Waals surface area contributed by atoms with E-state index in [0.717, 1.165) is 6.42 Å². The Balaban J connectivity index is 2.85. The van der Waals surface area contributed by atoms with Crippen molar-refractivity contribution < 1.29 is 17.9 Å².